The molecule has 1 amide bonds. The third-order valence-electron chi connectivity index (χ3n) is 4.97. The number of rotatable bonds is 4. The fraction of sp³-hybridized carbons (Fsp3) is 0.350. The lowest BCUT2D eigenvalue weighted by molar-refractivity contribution is -0.121. The van der Waals surface area contributed by atoms with Gasteiger partial charge in [-0.05, 0) is 43.0 Å². The van der Waals surface area contributed by atoms with Gasteiger partial charge in [-0.15, -0.1) is 0 Å². The van der Waals surface area contributed by atoms with Crippen LogP contribution in [0.5, 0.6) is 0 Å². The van der Waals surface area contributed by atoms with Crippen LogP contribution in [0.4, 0.5) is 5.95 Å². The zero-order chi connectivity index (χ0) is 17.9. The lowest BCUT2D eigenvalue weighted by atomic mass is 10.0. The van der Waals surface area contributed by atoms with Crippen LogP contribution in [0.25, 0.3) is 10.9 Å². The van der Waals surface area contributed by atoms with Crippen LogP contribution in [0.2, 0.25) is 0 Å². The van der Waals surface area contributed by atoms with Crippen molar-refractivity contribution in [2.45, 2.75) is 32.2 Å². The molecule has 1 atom stereocenters. The summed E-state index contributed by atoms with van der Waals surface area (Å²) in [5.74, 6) is 0.800. The molecule has 1 aromatic carbocycles. The number of nitrogens with one attached hydrogen (secondary N) is 2. The molecule has 1 fully saturated rings. The molecule has 2 N–H and O–H groups in total. The van der Waals surface area contributed by atoms with Gasteiger partial charge in [0.25, 0.3) is 0 Å². The minimum Gasteiger partial charge on any atom is -0.361 e. The van der Waals surface area contributed by atoms with Gasteiger partial charge in [-0.3, -0.25) is 4.79 Å². The fourth-order valence-electron chi connectivity index (χ4n) is 3.77. The molecule has 0 aliphatic carbocycles. The number of anilines is 1. The SMILES string of the molecule is Cc1cccc2[nH]cc(CC(=O)N[C@@H]3CCCN(c4ncccn4)C3)c12. The highest BCUT2D eigenvalue weighted by molar-refractivity contribution is 5.91. The van der Waals surface area contributed by atoms with Crippen LogP contribution in [0.15, 0.2) is 42.9 Å². The van der Waals surface area contributed by atoms with E-state index in [0.717, 1.165) is 48.3 Å². The van der Waals surface area contributed by atoms with Crippen molar-refractivity contribution in [2.24, 2.45) is 0 Å². The minimum absolute atomic E-state index is 0.0648. The Balaban J connectivity index is 1.41. The number of piperidine rings is 1. The summed E-state index contributed by atoms with van der Waals surface area (Å²) in [5, 5.41) is 4.35. The van der Waals surface area contributed by atoms with Crippen molar-refractivity contribution < 1.29 is 4.79 Å². The Hall–Kier alpha value is -2.89. The maximum Gasteiger partial charge on any atom is 0.225 e. The summed E-state index contributed by atoms with van der Waals surface area (Å²) in [6, 6.07) is 8.10. The summed E-state index contributed by atoms with van der Waals surface area (Å²) >= 11 is 0. The van der Waals surface area contributed by atoms with Crippen molar-refractivity contribution in [1.29, 1.82) is 0 Å². The Morgan fingerprint density at radius 1 is 1.31 bits per heavy atom. The van der Waals surface area contributed by atoms with E-state index < -0.39 is 0 Å². The zero-order valence-corrected chi connectivity index (χ0v) is 14.9. The molecule has 0 radical (unpaired) electrons. The predicted molar refractivity (Wildman–Crippen MR) is 102 cm³/mol. The summed E-state index contributed by atoms with van der Waals surface area (Å²) in [4.78, 5) is 26.6. The monoisotopic (exact) mass is 349 g/mol. The normalized spacial score (nSPS) is 17.4. The van der Waals surface area contributed by atoms with Gasteiger partial charge in [0.2, 0.25) is 11.9 Å². The van der Waals surface area contributed by atoms with Crippen LogP contribution in [-0.2, 0) is 11.2 Å². The molecule has 6 nitrogen and oxygen atoms in total. The quantitative estimate of drug-likeness (QED) is 0.759. The molecule has 4 rings (SSSR count). The van der Waals surface area contributed by atoms with Crippen molar-refractivity contribution in [3.8, 4) is 0 Å². The number of aromatic nitrogens is 3. The molecule has 0 spiro atoms. The van der Waals surface area contributed by atoms with Gasteiger partial charge < -0.3 is 15.2 Å². The third kappa shape index (κ3) is 3.40. The van der Waals surface area contributed by atoms with Gasteiger partial charge in [-0.25, -0.2) is 9.97 Å². The maximum absolute atomic E-state index is 12.6. The maximum atomic E-state index is 12.6. The lowest BCUT2D eigenvalue weighted by Crippen LogP contribution is -2.48. The number of carbonyl (C=O) groups is 1. The Morgan fingerprint density at radius 2 is 2.15 bits per heavy atom. The summed E-state index contributed by atoms with van der Waals surface area (Å²) in [6.45, 7) is 3.76. The standard InChI is InChI=1S/C20H23N5O/c1-14-5-2-7-17-19(14)15(12-23-17)11-18(26)24-16-6-3-10-25(13-16)20-21-8-4-9-22-20/h2,4-5,7-9,12,16,23H,3,6,10-11,13H2,1H3,(H,24,26)/t16-/m1/s1. The van der Waals surface area contributed by atoms with E-state index in [-0.39, 0.29) is 11.9 Å². The molecule has 0 bridgehead atoms. The molecule has 1 aliphatic heterocycles. The zero-order valence-electron chi connectivity index (χ0n) is 14.9. The first kappa shape index (κ1) is 16.6. The summed E-state index contributed by atoms with van der Waals surface area (Å²) < 4.78 is 0. The van der Waals surface area contributed by atoms with E-state index in [1.54, 1.807) is 12.4 Å². The van der Waals surface area contributed by atoms with Crippen molar-refractivity contribution in [3.05, 3.63) is 54.0 Å². The molecule has 0 saturated carbocycles. The van der Waals surface area contributed by atoms with Crippen LogP contribution in [0.1, 0.15) is 24.0 Å². The highest BCUT2D eigenvalue weighted by atomic mass is 16.1. The molecule has 0 unspecified atom stereocenters. The predicted octanol–water partition coefficient (Wildman–Crippen LogP) is 2.59. The van der Waals surface area contributed by atoms with E-state index >= 15 is 0 Å². The molecule has 3 heterocycles. The Bertz CT molecular complexity index is 905. The van der Waals surface area contributed by atoms with Gasteiger partial charge in [-0.1, -0.05) is 12.1 Å². The summed E-state index contributed by atoms with van der Waals surface area (Å²) in [5.41, 5.74) is 3.32. The fourth-order valence-corrected chi connectivity index (χ4v) is 3.77. The Labute approximate surface area is 152 Å². The molecule has 26 heavy (non-hydrogen) atoms. The van der Waals surface area contributed by atoms with E-state index in [4.69, 9.17) is 0 Å². The van der Waals surface area contributed by atoms with Crippen LogP contribution in [0, 0.1) is 6.92 Å². The molecule has 2 aromatic heterocycles. The van der Waals surface area contributed by atoms with E-state index in [2.05, 4.69) is 38.2 Å². The largest absolute Gasteiger partial charge is 0.361 e. The number of amides is 1. The first-order chi connectivity index (χ1) is 12.7. The number of hydrogen-bond acceptors (Lipinski definition) is 4. The third-order valence-corrected chi connectivity index (χ3v) is 4.97. The number of aromatic amines is 1. The van der Waals surface area contributed by atoms with Gasteiger partial charge >= 0.3 is 0 Å². The highest BCUT2D eigenvalue weighted by Gasteiger charge is 2.23. The smallest absolute Gasteiger partial charge is 0.225 e. The second-order valence-electron chi connectivity index (χ2n) is 6.89. The highest BCUT2D eigenvalue weighted by Crippen LogP contribution is 2.22. The van der Waals surface area contributed by atoms with Crippen molar-refractivity contribution in [3.63, 3.8) is 0 Å². The molecular weight excluding hydrogens is 326 g/mol. The van der Waals surface area contributed by atoms with E-state index in [1.807, 2.05) is 24.4 Å². The molecule has 134 valence electrons. The number of nitrogens with zero attached hydrogens (tertiary/aromatic N) is 3. The topological polar surface area (TPSA) is 73.9 Å². The Kier molecular flexibility index (Phi) is 4.56. The molecule has 1 saturated heterocycles. The molecule has 6 heteroatoms. The first-order valence-electron chi connectivity index (χ1n) is 9.07. The second-order valence-corrected chi connectivity index (χ2v) is 6.89. The summed E-state index contributed by atoms with van der Waals surface area (Å²) in [7, 11) is 0. The van der Waals surface area contributed by atoms with Gasteiger partial charge in [0, 0.05) is 48.6 Å². The number of H-pyrrole nitrogens is 1. The van der Waals surface area contributed by atoms with Gasteiger partial charge in [0.05, 0.1) is 6.42 Å². The summed E-state index contributed by atoms with van der Waals surface area (Å²) in [6.07, 6.45) is 7.86. The van der Waals surface area contributed by atoms with Crippen LogP contribution in [-0.4, -0.2) is 40.0 Å². The molecular formula is C20H23N5O. The number of aryl methyl sites for hydroxylation is 1. The van der Waals surface area contributed by atoms with Crippen molar-refractivity contribution in [2.75, 3.05) is 18.0 Å². The van der Waals surface area contributed by atoms with Crippen LogP contribution >= 0.6 is 0 Å². The molecule has 3 aromatic rings. The first-order valence-corrected chi connectivity index (χ1v) is 9.07. The number of carbonyl (C=O) groups excluding carboxylic acids is 1. The van der Waals surface area contributed by atoms with E-state index in [9.17, 15) is 4.79 Å². The number of benzene rings is 1. The Morgan fingerprint density at radius 3 is 3.00 bits per heavy atom. The number of fused-ring (bicyclic) bond motifs is 1. The average molecular weight is 349 g/mol. The second kappa shape index (κ2) is 7.15. The van der Waals surface area contributed by atoms with Crippen LogP contribution in [0.3, 0.4) is 0 Å². The number of hydrogen-bond donors (Lipinski definition) is 2. The van der Waals surface area contributed by atoms with E-state index in [0.29, 0.717) is 6.42 Å². The van der Waals surface area contributed by atoms with Gasteiger partial charge in [0.1, 0.15) is 0 Å². The van der Waals surface area contributed by atoms with Gasteiger partial charge in [-0.2, -0.15) is 0 Å². The molecule has 1 aliphatic rings. The van der Waals surface area contributed by atoms with Crippen molar-refractivity contribution >= 4 is 22.8 Å². The van der Waals surface area contributed by atoms with Crippen molar-refractivity contribution in [1.82, 2.24) is 20.3 Å². The lowest BCUT2D eigenvalue weighted by Gasteiger charge is -2.33. The minimum atomic E-state index is 0.0648. The van der Waals surface area contributed by atoms with Gasteiger partial charge in [0.15, 0.2) is 0 Å². The van der Waals surface area contributed by atoms with Crippen LogP contribution < -0.4 is 10.2 Å². The van der Waals surface area contributed by atoms with E-state index in [1.165, 1.54) is 5.56 Å². The average Bonchev–Trinajstić information content (AvgIpc) is 3.07.